The number of likely N-dealkylation sites (N-methyl/N-ethyl adjacent to an activating group) is 1. The van der Waals surface area contributed by atoms with Gasteiger partial charge in [-0.25, -0.2) is 4.98 Å². The van der Waals surface area contributed by atoms with Crippen molar-refractivity contribution in [2.24, 2.45) is 5.92 Å². The van der Waals surface area contributed by atoms with Crippen molar-refractivity contribution >= 4 is 29.0 Å². The summed E-state index contributed by atoms with van der Waals surface area (Å²) in [5.74, 6) is 2.56. The first-order chi connectivity index (χ1) is 16.7. The summed E-state index contributed by atoms with van der Waals surface area (Å²) in [6.07, 6.45) is 8.53. The van der Waals surface area contributed by atoms with Crippen molar-refractivity contribution in [3.05, 3.63) is 36.0 Å². The van der Waals surface area contributed by atoms with Gasteiger partial charge in [-0.15, -0.1) is 0 Å². The monoisotopic (exact) mass is 463 g/mol. The van der Waals surface area contributed by atoms with Crippen LogP contribution in [0.5, 0.6) is 0 Å². The number of hydrogen-bond donors (Lipinski definition) is 3. The summed E-state index contributed by atoms with van der Waals surface area (Å²) < 4.78 is 0. The smallest absolute Gasteiger partial charge is 0.229 e. The van der Waals surface area contributed by atoms with E-state index in [9.17, 15) is 4.79 Å². The quantitative estimate of drug-likeness (QED) is 0.465. The molecule has 2 heterocycles. The number of nitrogens with zero attached hydrogens (tertiary/aromatic N) is 4. The van der Waals surface area contributed by atoms with Crippen LogP contribution in [0.2, 0.25) is 0 Å². The number of nitrogens with one attached hydrogen (secondary N) is 3. The van der Waals surface area contributed by atoms with Crippen LogP contribution in [0.3, 0.4) is 0 Å². The molecule has 0 spiro atoms. The maximum absolute atomic E-state index is 12.0. The van der Waals surface area contributed by atoms with E-state index in [0.717, 1.165) is 63.5 Å². The van der Waals surface area contributed by atoms with Crippen molar-refractivity contribution < 1.29 is 4.79 Å². The predicted octanol–water partition coefficient (Wildman–Crippen LogP) is 3.57. The number of aromatic nitrogens is 2. The molecule has 1 aromatic heterocycles. The molecule has 8 heteroatoms. The minimum Gasteiger partial charge on any atom is -0.370 e. The highest BCUT2D eigenvalue weighted by molar-refractivity contribution is 5.79. The highest BCUT2D eigenvalue weighted by Crippen LogP contribution is 2.42. The Labute approximate surface area is 202 Å². The van der Waals surface area contributed by atoms with Crippen LogP contribution in [0.1, 0.15) is 50.0 Å². The molecule has 0 atom stereocenters. The van der Waals surface area contributed by atoms with Crippen LogP contribution >= 0.6 is 0 Å². The van der Waals surface area contributed by atoms with Crippen molar-refractivity contribution in [2.75, 3.05) is 61.8 Å². The van der Waals surface area contributed by atoms with Gasteiger partial charge in [0.25, 0.3) is 0 Å². The summed E-state index contributed by atoms with van der Waals surface area (Å²) in [4.78, 5) is 26.2. The van der Waals surface area contributed by atoms with E-state index in [1.54, 1.807) is 0 Å². The van der Waals surface area contributed by atoms with Crippen LogP contribution in [-0.4, -0.2) is 67.1 Å². The number of amides is 1. The zero-order valence-electron chi connectivity index (χ0n) is 20.2. The molecule has 3 fully saturated rings. The van der Waals surface area contributed by atoms with Crippen LogP contribution in [-0.2, 0) is 4.79 Å². The van der Waals surface area contributed by atoms with Gasteiger partial charge in [-0.2, -0.15) is 4.98 Å². The van der Waals surface area contributed by atoms with Gasteiger partial charge < -0.3 is 25.8 Å². The Morgan fingerprint density at radius 3 is 2.65 bits per heavy atom. The van der Waals surface area contributed by atoms with E-state index < -0.39 is 0 Å². The van der Waals surface area contributed by atoms with E-state index >= 15 is 0 Å². The van der Waals surface area contributed by atoms with Crippen molar-refractivity contribution in [1.82, 2.24) is 20.2 Å². The molecule has 5 rings (SSSR count). The first-order valence-electron chi connectivity index (χ1n) is 12.8. The SMILES string of the molecule is CN1CCN(c2cccc(Nc3ncc(C4CC4)c(NCCCNC(=O)C4CCC4)n3)c2)CC1. The predicted molar refractivity (Wildman–Crippen MR) is 137 cm³/mol. The van der Waals surface area contributed by atoms with E-state index in [-0.39, 0.29) is 11.8 Å². The molecule has 182 valence electrons. The zero-order chi connectivity index (χ0) is 23.3. The van der Waals surface area contributed by atoms with Crippen LogP contribution in [0.15, 0.2) is 30.5 Å². The second-order valence-corrected chi connectivity index (χ2v) is 9.94. The number of carbonyl (C=O) groups excluding carboxylic acids is 1. The average molecular weight is 464 g/mol. The lowest BCUT2D eigenvalue weighted by atomic mass is 9.85. The Bertz CT molecular complexity index is 981. The minimum absolute atomic E-state index is 0.220. The van der Waals surface area contributed by atoms with E-state index in [4.69, 9.17) is 4.98 Å². The molecule has 0 unspecified atom stereocenters. The van der Waals surface area contributed by atoms with Gasteiger partial charge in [0, 0.05) is 68.3 Å². The lowest BCUT2D eigenvalue weighted by Gasteiger charge is -2.34. The van der Waals surface area contributed by atoms with Crippen molar-refractivity contribution in [3.8, 4) is 0 Å². The van der Waals surface area contributed by atoms with E-state index in [1.807, 2.05) is 6.20 Å². The lowest BCUT2D eigenvalue weighted by molar-refractivity contribution is -0.127. The number of carbonyl (C=O) groups is 1. The fourth-order valence-corrected chi connectivity index (χ4v) is 4.58. The molecule has 3 N–H and O–H groups in total. The minimum atomic E-state index is 0.220. The molecule has 1 amide bonds. The number of piperazine rings is 1. The molecular formula is C26H37N7O. The Morgan fingerprint density at radius 2 is 1.91 bits per heavy atom. The van der Waals surface area contributed by atoms with Gasteiger partial charge in [0.1, 0.15) is 5.82 Å². The van der Waals surface area contributed by atoms with Crippen LogP contribution < -0.4 is 20.9 Å². The summed E-state index contributed by atoms with van der Waals surface area (Å²) in [5.41, 5.74) is 3.44. The molecule has 1 aromatic carbocycles. The first-order valence-corrected chi connectivity index (χ1v) is 12.8. The van der Waals surface area contributed by atoms with E-state index in [0.29, 0.717) is 18.4 Å². The molecular weight excluding hydrogens is 426 g/mol. The maximum atomic E-state index is 12.0. The highest BCUT2D eigenvalue weighted by Gasteiger charge is 2.28. The zero-order valence-corrected chi connectivity index (χ0v) is 20.2. The van der Waals surface area contributed by atoms with Crippen LogP contribution in [0.4, 0.5) is 23.1 Å². The van der Waals surface area contributed by atoms with Gasteiger partial charge in [0.2, 0.25) is 11.9 Å². The topological polar surface area (TPSA) is 85.4 Å². The molecule has 0 radical (unpaired) electrons. The molecule has 8 nitrogen and oxygen atoms in total. The maximum Gasteiger partial charge on any atom is 0.229 e. The molecule has 1 aliphatic heterocycles. The Hall–Kier alpha value is -2.87. The number of benzene rings is 1. The Morgan fingerprint density at radius 1 is 1.09 bits per heavy atom. The summed E-state index contributed by atoms with van der Waals surface area (Å²) in [6, 6.07) is 8.51. The van der Waals surface area contributed by atoms with Crippen molar-refractivity contribution in [3.63, 3.8) is 0 Å². The number of hydrogen-bond acceptors (Lipinski definition) is 7. The van der Waals surface area contributed by atoms with Gasteiger partial charge in [0.05, 0.1) is 0 Å². The molecule has 1 saturated heterocycles. The third kappa shape index (κ3) is 5.78. The van der Waals surface area contributed by atoms with Gasteiger partial charge in [-0.1, -0.05) is 12.5 Å². The third-order valence-corrected chi connectivity index (χ3v) is 7.23. The summed E-state index contributed by atoms with van der Waals surface area (Å²) in [5, 5.41) is 9.98. The summed E-state index contributed by atoms with van der Waals surface area (Å²) in [6.45, 7) is 5.74. The van der Waals surface area contributed by atoms with Gasteiger partial charge >= 0.3 is 0 Å². The molecule has 2 aromatic rings. The van der Waals surface area contributed by atoms with Gasteiger partial charge in [0.15, 0.2) is 0 Å². The standard InChI is InChI=1S/C26H37N7O/c1-32-13-15-33(16-14-32)22-8-3-7-21(17-22)30-26-29-18-23(19-9-10-19)24(31-26)27-11-4-12-28-25(34)20-5-2-6-20/h3,7-8,17-20H,2,4-6,9-16H2,1H3,(H,28,34)(H2,27,29,30,31). The third-order valence-electron chi connectivity index (χ3n) is 7.23. The lowest BCUT2D eigenvalue weighted by Crippen LogP contribution is -2.44. The molecule has 2 aliphatic carbocycles. The fourth-order valence-electron chi connectivity index (χ4n) is 4.58. The Kier molecular flexibility index (Phi) is 7.13. The van der Waals surface area contributed by atoms with E-state index in [1.165, 1.54) is 30.5 Å². The Balaban J connectivity index is 1.18. The molecule has 3 aliphatic rings. The normalized spacial score (nSPS) is 18.9. The molecule has 2 saturated carbocycles. The van der Waals surface area contributed by atoms with Crippen LogP contribution in [0.25, 0.3) is 0 Å². The first kappa shape index (κ1) is 22.9. The second-order valence-electron chi connectivity index (χ2n) is 9.94. The number of anilines is 4. The second kappa shape index (κ2) is 10.6. The highest BCUT2D eigenvalue weighted by atomic mass is 16.1. The van der Waals surface area contributed by atoms with E-state index in [2.05, 4.69) is 62.0 Å². The van der Waals surface area contributed by atoms with Crippen molar-refractivity contribution in [2.45, 2.75) is 44.4 Å². The summed E-state index contributed by atoms with van der Waals surface area (Å²) >= 11 is 0. The largest absolute Gasteiger partial charge is 0.370 e. The summed E-state index contributed by atoms with van der Waals surface area (Å²) in [7, 11) is 2.18. The van der Waals surface area contributed by atoms with Gasteiger partial charge in [-0.3, -0.25) is 4.79 Å². The van der Waals surface area contributed by atoms with Gasteiger partial charge in [-0.05, 0) is 63.3 Å². The fraction of sp³-hybridized carbons (Fsp3) is 0.577. The van der Waals surface area contributed by atoms with Crippen molar-refractivity contribution in [1.29, 1.82) is 0 Å². The number of rotatable bonds is 10. The molecule has 34 heavy (non-hydrogen) atoms. The average Bonchev–Trinajstić information content (AvgIpc) is 3.64. The molecule has 0 bridgehead atoms. The van der Waals surface area contributed by atoms with Crippen LogP contribution in [0, 0.1) is 5.92 Å².